The Labute approximate surface area is 194 Å². The molecule has 0 spiro atoms. The molecule has 2 aromatic rings. The van der Waals surface area contributed by atoms with Crippen molar-refractivity contribution in [3.63, 3.8) is 0 Å². The van der Waals surface area contributed by atoms with Crippen LogP contribution in [0.3, 0.4) is 0 Å². The van der Waals surface area contributed by atoms with Gasteiger partial charge in [0.25, 0.3) is 0 Å². The number of nitrogens with zero attached hydrogens (tertiary/aromatic N) is 2. The number of anilines is 1. The maximum absolute atomic E-state index is 12.6. The van der Waals surface area contributed by atoms with Gasteiger partial charge in [0.15, 0.2) is 12.4 Å². The van der Waals surface area contributed by atoms with Gasteiger partial charge in [0.05, 0.1) is 10.5 Å². The average molecular weight is 469 g/mol. The molecule has 0 bridgehead atoms. The molecule has 8 heteroatoms. The van der Waals surface area contributed by atoms with Crippen LogP contribution < -0.4 is 4.90 Å². The second kappa shape index (κ2) is 8.76. The highest BCUT2D eigenvalue weighted by Crippen LogP contribution is 2.46. The van der Waals surface area contributed by atoms with Crippen LogP contribution >= 0.6 is 0 Å². The summed E-state index contributed by atoms with van der Waals surface area (Å²) in [7, 11) is -1.63. The molecule has 7 nitrogen and oxygen atoms in total. The zero-order chi connectivity index (χ0) is 23.8. The number of hydrogen-bond donors (Lipinski definition) is 0. The quantitative estimate of drug-likeness (QED) is 0.477. The summed E-state index contributed by atoms with van der Waals surface area (Å²) in [5.41, 5.74) is 2.86. The van der Waals surface area contributed by atoms with Crippen molar-refractivity contribution in [2.75, 3.05) is 31.6 Å². The fourth-order valence-electron chi connectivity index (χ4n) is 4.51. The number of rotatable bonds is 6. The third kappa shape index (κ3) is 4.32. The summed E-state index contributed by atoms with van der Waals surface area (Å²) >= 11 is 0. The Bertz CT molecular complexity index is 1210. The molecule has 0 aliphatic carbocycles. The molecule has 0 atom stereocenters. The van der Waals surface area contributed by atoms with Gasteiger partial charge in [-0.25, -0.2) is 13.2 Å². The van der Waals surface area contributed by atoms with Crippen molar-refractivity contribution < 1.29 is 22.7 Å². The van der Waals surface area contributed by atoms with Crippen molar-refractivity contribution in [1.82, 2.24) is 4.31 Å². The highest BCUT2D eigenvalue weighted by Gasteiger charge is 2.38. The molecule has 2 aliphatic heterocycles. The zero-order valence-electron chi connectivity index (χ0n) is 19.1. The molecule has 33 heavy (non-hydrogen) atoms. The molecule has 0 amide bonds. The van der Waals surface area contributed by atoms with Crippen LogP contribution in [0.5, 0.6) is 0 Å². The van der Waals surface area contributed by atoms with E-state index >= 15 is 0 Å². The minimum atomic E-state index is -3.54. The summed E-state index contributed by atoms with van der Waals surface area (Å²) in [5, 5.41) is 0. The van der Waals surface area contributed by atoms with Crippen LogP contribution in [-0.2, 0) is 25.0 Å². The van der Waals surface area contributed by atoms with Crippen LogP contribution in [0.2, 0.25) is 0 Å². The van der Waals surface area contributed by atoms with Crippen LogP contribution in [0.15, 0.2) is 65.2 Å². The van der Waals surface area contributed by atoms with Crippen LogP contribution in [0.25, 0.3) is 0 Å². The van der Waals surface area contributed by atoms with Gasteiger partial charge in [-0.15, -0.1) is 0 Å². The first-order valence-electron chi connectivity index (χ1n) is 11.0. The number of ether oxygens (including phenoxy) is 1. The Hall–Kier alpha value is -2.97. The van der Waals surface area contributed by atoms with E-state index in [1.165, 1.54) is 34.6 Å². The highest BCUT2D eigenvalue weighted by molar-refractivity contribution is 7.89. The van der Waals surface area contributed by atoms with Crippen molar-refractivity contribution in [1.29, 1.82) is 0 Å². The number of ketones is 1. The maximum Gasteiger partial charge on any atom is 0.338 e. The molecule has 2 aliphatic rings. The number of hydrogen-bond acceptors (Lipinski definition) is 6. The number of fused-ring (bicyclic) bond motifs is 1. The molecule has 2 aromatic carbocycles. The van der Waals surface area contributed by atoms with Crippen LogP contribution in [0.1, 0.15) is 42.6 Å². The van der Waals surface area contributed by atoms with E-state index in [4.69, 9.17) is 4.74 Å². The Morgan fingerprint density at radius 1 is 1.03 bits per heavy atom. The molecule has 1 saturated heterocycles. The van der Waals surface area contributed by atoms with E-state index < -0.39 is 22.6 Å². The minimum absolute atomic E-state index is 0.146. The molecule has 0 saturated carbocycles. The van der Waals surface area contributed by atoms with Crippen LogP contribution in [0, 0.1) is 0 Å². The first kappa shape index (κ1) is 23.2. The van der Waals surface area contributed by atoms with Gasteiger partial charge in [-0.2, -0.15) is 4.31 Å². The smallest absolute Gasteiger partial charge is 0.338 e. The van der Waals surface area contributed by atoms with E-state index in [2.05, 4.69) is 13.8 Å². The number of para-hydroxylation sites is 1. The van der Waals surface area contributed by atoms with Crippen LogP contribution in [0.4, 0.5) is 5.69 Å². The molecule has 2 heterocycles. The number of esters is 1. The normalized spacial score (nSPS) is 19.0. The molecule has 0 aromatic heterocycles. The predicted octanol–water partition coefficient (Wildman–Crippen LogP) is 3.51. The minimum Gasteiger partial charge on any atom is -0.454 e. The van der Waals surface area contributed by atoms with Gasteiger partial charge in [0, 0.05) is 43.0 Å². The Morgan fingerprint density at radius 3 is 2.30 bits per heavy atom. The summed E-state index contributed by atoms with van der Waals surface area (Å²) in [6.45, 7) is 4.74. The number of carbonyl (C=O) groups is 2. The number of allylic oxidation sites excluding steroid dienone is 1. The lowest BCUT2D eigenvalue weighted by Crippen LogP contribution is -2.27. The summed E-state index contributed by atoms with van der Waals surface area (Å²) < 4.78 is 31.9. The summed E-state index contributed by atoms with van der Waals surface area (Å²) in [6, 6.07) is 13.6. The summed E-state index contributed by atoms with van der Waals surface area (Å²) in [6.07, 6.45) is 3.23. The lowest BCUT2D eigenvalue weighted by Gasteiger charge is -2.23. The molecular formula is C25H28N2O5S. The molecule has 174 valence electrons. The standard InChI is InChI=1S/C25H28N2O5S/c1-25(2)21-8-4-5-9-22(21)26(3)23(25)16-19(28)17-32-24(29)18-10-12-20(13-11-18)33(30,31)27-14-6-7-15-27/h4-5,8-13,16H,6-7,14-15,17H2,1-3H3. The van der Waals surface area contributed by atoms with Gasteiger partial charge in [-0.05, 0) is 48.7 Å². The van der Waals surface area contributed by atoms with E-state index in [0.29, 0.717) is 13.1 Å². The Balaban J connectivity index is 1.40. The summed E-state index contributed by atoms with van der Waals surface area (Å²) in [4.78, 5) is 27.1. The average Bonchev–Trinajstić information content (AvgIpc) is 3.41. The third-order valence-electron chi connectivity index (χ3n) is 6.38. The monoisotopic (exact) mass is 468 g/mol. The second-order valence-electron chi connectivity index (χ2n) is 8.91. The molecule has 0 N–H and O–H groups in total. The first-order valence-corrected chi connectivity index (χ1v) is 12.4. The molecule has 1 fully saturated rings. The fourth-order valence-corrected chi connectivity index (χ4v) is 6.03. The van der Waals surface area contributed by atoms with Crippen molar-refractivity contribution in [3.8, 4) is 0 Å². The van der Waals surface area contributed by atoms with Crippen molar-refractivity contribution in [3.05, 3.63) is 71.4 Å². The van der Waals surface area contributed by atoms with E-state index in [-0.39, 0.29) is 21.7 Å². The van der Waals surface area contributed by atoms with E-state index in [1.807, 2.05) is 36.2 Å². The largest absolute Gasteiger partial charge is 0.454 e. The van der Waals surface area contributed by atoms with Crippen molar-refractivity contribution in [2.24, 2.45) is 0 Å². The van der Waals surface area contributed by atoms with E-state index in [1.54, 1.807) is 0 Å². The van der Waals surface area contributed by atoms with Gasteiger partial charge in [-0.1, -0.05) is 32.0 Å². The second-order valence-corrected chi connectivity index (χ2v) is 10.8. The first-order chi connectivity index (χ1) is 15.6. The van der Waals surface area contributed by atoms with Gasteiger partial charge in [-0.3, -0.25) is 4.79 Å². The molecular weight excluding hydrogens is 440 g/mol. The molecule has 4 rings (SSSR count). The number of sulfonamides is 1. The van der Waals surface area contributed by atoms with Gasteiger partial charge in [0.2, 0.25) is 10.0 Å². The van der Waals surface area contributed by atoms with E-state index in [9.17, 15) is 18.0 Å². The number of benzene rings is 2. The van der Waals surface area contributed by atoms with Crippen molar-refractivity contribution in [2.45, 2.75) is 37.0 Å². The zero-order valence-corrected chi connectivity index (χ0v) is 19.9. The Morgan fingerprint density at radius 2 is 1.67 bits per heavy atom. The van der Waals surface area contributed by atoms with E-state index in [0.717, 1.165) is 29.8 Å². The van der Waals surface area contributed by atoms with Gasteiger partial charge < -0.3 is 9.64 Å². The van der Waals surface area contributed by atoms with Gasteiger partial charge >= 0.3 is 5.97 Å². The fraction of sp³-hybridized carbons (Fsp3) is 0.360. The number of carbonyl (C=O) groups excluding carboxylic acids is 2. The summed E-state index contributed by atoms with van der Waals surface area (Å²) in [5.74, 6) is -0.992. The molecule has 0 unspecified atom stereocenters. The predicted molar refractivity (Wildman–Crippen MR) is 126 cm³/mol. The molecule has 0 radical (unpaired) electrons. The van der Waals surface area contributed by atoms with Crippen LogP contribution in [-0.4, -0.2) is 51.2 Å². The lowest BCUT2D eigenvalue weighted by molar-refractivity contribution is -0.117. The maximum atomic E-state index is 12.6. The highest BCUT2D eigenvalue weighted by atomic mass is 32.2. The SMILES string of the molecule is CN1C(=CC(=O)COC(=O)c2ccc(S(=O)(=O)N3CCCC3)cc2)C(C)(C)c2ccccc21. The van der Waals surface area contributed by atoms with Gasteiger partial charge in [0.1, 0.15) is 0 Å². The topological polar surface area (TPSA) is 84.0 Å². The Kier molecular flexibility index (Phi) is 6.16. The number of likely N-dealkylation sites (N-methyl/N-ethyl adjacent to an activating group) is 1. The van der Waals surface area contributed by atoms with Crippen molar-refractivity contribution >= 4 is 27.5 Å². The lowest BCUT2D eigenvalue weighted by atomic mass is 9.83. The third-order valence-corrected chi connectivity index (χ3v) is 8.29.